The molecule has 7 heteroatoms. The van der Waals surface area contributed by atoms with Crippen LogP contribution in [-0.4, -0.2) is 6.71 Å². The van der Waals surface area contributed by atoms with Gasteiger partial charge in [-0.25, -0.2) is 13.2 Å². The van der Waals surface area contributed by atoms with Gasteiger partial charge < -0.3 is 9.80 Å². The second-order valence-electron chi connectivity index (χ2n) is 9.36. The number of hydrogen-bond acceptors (Lipinski definition) is 3. The fraction of sp³-hybridized carbons (Fsp3) is 0. The molecular weight excluding hydrogens is 482 g/mol. The van der Waals surface area contributed by atoms with Gasteiger partial charge in [0.05, 0.1) is 11.6 Å². The minimum Gasteiger partial charge on any atom is -0.311 e. The van der Waals surface area contributed by atoms with Crippen LogP contribution in [0, 0.1) is 28.8 Å². The predicted molar refractivity (Wildman–Crippen MR) is 145 cm³/mol. The van der Waals surface area contributed by atoms with E-state index in [-0.39, 0.29) is 24.2 Å². The normalized spacial score (nSPS) is 12.9. The second kappa shape index (κ2) is 8.29. The monoisotopic (exact) mass is 499 g/mol. The number of para-hydroxylation sites is 1. The summed E-state index contributed by atoms with van der Waals surface area (Å²) < 4.78 is 42.6. The van der Waals surface area contributed by atoms with Crippen LogP contribution in [0.15, 0.2) is 103 Å². The van der Waals surface area contributed by atoms with Gasteiger partial charge in [-0.2, -0.15) is 5.26 Å². The number of rotatable bonds is 2. The fourth-order valence-corrected chi connectivity index (χ4v) is 5.72. The number of fused-ring (bicyclic) bond motifs is 4. The Hall–Kier alpha value is -4.96. The average Bonchev–Trinajstić information content (AvgIpc) is 2.94. The molecule has 0 spiro atoms. The molecule has 2 heterocycles. The maximum absolute atomic E-state index is 14.8. The number of halogens is 3. The molecule has 5 aromatic rings. The van der Waals surface area contributed by atoms with Gasteiger partial charge in [-0.1, -0.05) is 18.2 Å². The third-order valence-electron chi connectivity index (χ3n) is 7.24. The number of anilines is 6. The summed E-state index contributed by atoms with van der Waals surface area (Å²) in [5.74, 6) is -1.08. The molecule has 5 aromatic carbocycles. The van der Waals surface area contributed by atoms with Crippen LogP contribution >= 0.6 is 0 Å². The quantitative estimate of drug-likeness (QED) is 0.271. The van der Waals surface area contributed by atoms with E-state index >= 15 is 0 Å². The SMILES string of the molecule is N#Cc1cc2c3c(c1)N(c1ccc(F)cc1)c1ccc(F)cc1B3c1ccccc1N2c1ccc(F)cc1. The first kappa shape index (κ1) is 22.3. The molecular formula is C31H17BF3N3. The number of benzene rings is 5. The topological polar surface area (TPSA) is 30.3 Å². The fourth-order valence-electron chi connectivity index (χ4n) is 5.72. The van der Waals surface area contributed by atoms with Crippen molar-refractivity contribution in [2.75, 3.05) is 9.80 Å². The maximum Gasteiger partial charge on any atom is 0.252 e. The van der Waals surface area contributed by atoms with Gasteiger partial charge in [0.25, 0.3) is 6.71 Å². The van der Waals surface area contributed by atoms with E-state index in [1.54, 1.807) is 36.4 Å². The largest absolute Gasteiger partial charge is 0.311 e. The Balaban J connectivity index is 1.60. The highest BCUT2D eigenvalue weighted by Gasteiger charge is 2.43. The smallest absolute Gasteiger partial charge is 0.252 e. The summed E-state index contributed by atoms with van der Waals surface area (Å²) in [6.45, 7) is -0.317. The van der Waals surface area contributed by atoms with Crippen molar-refractivity contribution in [3.05, 3.63) is 126 Å². The van der Waals surface area contributed by atoms with Gasteiger partial charge in [0.1, 0.15) is 17.5 Å². The Morgan fingerprint density at radius 3 is 1.66 bits per heavy atom. The lowest BCUT2D eigenvalue weighted by atomic mass is 9.33. The minimum atomic E-state index is -0.368. The summed E-state index contributed by atoms with van der Waals surface area (Å²) in [6, 6.07) is 30.8. The van der Waals surface area contributed by atoms with Crippen LogP contribution in [0.25, 0.3) is 0 Å². The molecule has 0 atom stereocenters. The van der Waals surface area contributed by atoms with Crippen molar-refractivity contribution in [1.29, 1.82) is 5.26 Å². The van der Waals surface area contributed by atoms with E-state index in [9.17, 15) is 18.4 Å². The molecule has 2 aliphatic rings. The third kappa shape index (κ3) is 3.24. The van der Waals surface area contributed by atoms with Gasteiger partial charge in [0, 0.05) is 34.1 Å². The molecule has 0 fully saturated rings. The minimum absolute atomic E-state index is 0.317. The molecule has 0 aliphatic carbocycles. The summed E-state index contributed by atoms with van der Waals surface area (Å²) in [4.78, 5) is 3.96. The highest BCUT2D eigenvalue weighted by Crippen LogP contribution is 2.44. The van der Waals surface area contributed by atoms with E-state index in [0.717, 1.165) is 44.8 Å². The molecule has 0 unspecified atom stereocenters. The molecule has 0 saturated carbocycles. The molecule has 38 heavy (non-hydrogen) atoms. The van der Waals surface area contributed by atoms with E-state index in [4.69, 9.17) is 0 Å². The van der Waals surface area contributed by atoms with Gasteiger partial charge >= 0.3 is 0 Å². The molecule has 180 valence electrons. The number of hydrogen-bond donors (Lipinski definition) is 0. The molecule has 0 bridgehead atoms. The molecule has 2 aliphatic heterocycles. The van der Waals surface area contributed by atoms with Crippen LogP contribution in [0.1, 0.15) is 5.56 Å². The Labute approximate surface area is 217 Å². The zero-order valence-electron chi connectivity index (χ0n) is 19.9. The van der Waals surface area contributed by atoms with E-state index < -0.39 is 0 Å². The Morgan fingerprint density at radius 2 is 1.08 bits per heavy atom. The van der Waals surface area contributed by atoms with Crippen LogP contribution in [0.5, 0.6) is 0 Å². The van der Waals surface area contributed by atoms with E-state index in [1.807, 2.05) is 46.2 Å². The van der Waals surface area contributed by atoms with E-state index in [0.29, 0.717) is 11.3 Å². The van der Waals surface area contributed by atoms with Gasteiger partial charge in [0.2, 0.25) is 0 Å². The first-order valence-corrected chi connectivity index (χ1v) is 12.1. The lowest BCUT2D eigenvalue weighted by Gasteiger charge is -2.44. The molecule has 0 radical (unpaired) electrons. The molecule has 0 amide bonds. The maximum atomic E-state index is 14.8. The summed E-state index contributed by atoms with van der Waals surface area (Å²) in [5.41, 5.74) is 7.56. The predicted octanol–water partition coefficient (Wildman–Crippen LogP) is 6.06. The van der Waals surface area contributed by atoms with Crippen molar-refractivity contribution >= 4 is 57.2 Å². The number of nitrogens with zero attached hydrogens (tertiary/aromatic N) is 3. The lowest BCUT2D eigenvalue weighted by molar-refractivity contribution is 0.627. The van der Waals surface area contributed by atoms with Crippen LogP contribution in [0.2, 0.25) is 0 Å². The lowest BCUT2D eigenvalue weighted by Crippen LogP contribution is -2.61. The van der Waals surface area contributed by atoms with Crippen molar-refractivity contribution in [3.8, 4) is 6.07 Å². The first-order chi connectivity index (χ1) is 18.5. The van der Waals surface area contributed by atoms with Gasteiger partial charge in [0.15, 0.2) is 0 Å². The first-order valence-electron chi connectivity index (χ1n) is 12.1. The number of nitriles is 1. The highest BCUT2D eigenvalue weighted by molar-refractivity contribution is 7.00. The zero-order chi connectivity index (χ0) is 26.0. The van der Waals surface area contributed by atoms with E-state index in [1.165, 1.54) is 30.3 Å². The Bertz CT molecular complexity index is 1760. The summed E-state index contributed by atoms with van der Waals surface area (Å²) in [6.07, 6.45) is 0. The van der Waals surface area contributed by atoms with Crippen LogP contribution < -0.4 is 26.2 Å². The van der Waals surface area contributed by atoms with Crippen molar-refractivity contribution in [3.63, 3.8) is 0 Å². The van der Waals surface area contributed by atoms with Crippen molar-refractivity contribution in [2.24, 2.45) is 0 Å². The van der Waals surface area contributed by atoms with Gasteiger partial charge in [-0.15, -0.1) is 0 Å². The molecule has 0 aromatic heterocycles. The second-order valence-corrected chi connectivity index (χ2v) is 9.36. The average molecular weight is 499 g/mol. The van der Waals surface area contributed by atoms with Crippen LogP contribution in [0.4, 0.5) is 47.3 Å². The van der Waals surface area contributed by atoms with Crippen molar-refractivity contribution in [1.82, 2.24) is 0 Å². The summed E-state index contributed by atoms with van der Waals surface area (Å²) >= 11 is 0. The van der Waals surface area contributed by atoms with Crippen molar-refractivity contribution in [2.45, 2.75) is 0 Å². The van der Waals surface area contributed by atoms with Gasteiger partial charge in [-0.05, 0) is 101 Å². The van der Waals surface area contributed by atoms with Gasteiger partial charge in [-0.3, -0.25) is 0 Å². The zero-order valence-corrected chi connectivity index (χ0v) is 19.9. The van der Waals surface area contributed by atoms with E-state index in [2.05, 4.69) is 6.07 Å². The highest BCUT2D eigenvalue weighted by atomic mass is 19.1. The molecule has 0 saturated heterocycles. The van der Waals surface area contributed by atoms with Crippen LogP contribution in [0.3, 0.4) is 0 Å². The standard InChI is InChI=1S/C31H17BF3N3/c33-20-5-10-23(11-6-20)37-27-4-2-1-3-25(27)32-26-17-22(35)9-14-28(26)38(24-12-7-21(34)8-13-24)30-16-19(18-36)15-29(37)31(30)32/h1-17H. The molecule has 7 rings (SSSR count). The Morgan fingerprint density at radius 1 is 0.553 bits per heavy atom. The Kier molecular flexibility index (Phi) is 4.85. The third-order valence-corrected chi connectivity index (χ3v) is 7.24. The molecule has 3 nitrogen and oxygen atoms in total. The summed E-state index contributed by atoms with van der Waals surface area (Å²) in [7, 11) is 0. The van der Waals surface area contributed by atoms with Crippen molar-refractivity contribution < 1.29 is 13.2 Å². The molecule has 0 N–H and O–H groups in total. The summed E-state index contributed by atoms with van der Waals surface area (Å²) in [5, 5.41) is 10.0. The van der Waals surface area contributed by atoms with Crippen LogP contribution in [-0.2, 0) is 0 Å².